The van der Waals surface area contributed by atoms with E-state index >= 15 is 0 Å². The average Bonchev–Trinajstić information content (AvgIpc) is 3.35. The Balaban J connectivity index is 1.74. The number of carbonyl (C=O) groups excluding carboxylic acids is 2. The van der Waals surface area contributed by atoms with Crippen LogP contribution < -0.4 is 5.32 Å². The van der Waals surface area contributed by atoms with Crippen LogP contribution >= 0.6 is 11.3 Å². The Bertz CT molecular complexity index is 829. The molecular weight excluding hydrogens is 348 g/mol. The van der Waals surface area contributed by atoms with Crippen molar-refractivity contribution in [3.8, 4) is 0 Å². The van der Waals surface area contributed by atoms with E-state index in [-0.39, 0.29) is 11.7 Å². The first-order valence-electron chi connectivity index (χ1n) is 8.29. The molecule has 1 unspecified atom stereocenters. The van der Waals surface area contributed by atoms with Gasteiger partial charge in [0.25, 0.3) is 5.91 Å². The van der Waals surface area contributed by atoms with Crippen molar-refractivity contribution < 1.29 is 14.0 Å². The normalized spacial score (nSPS) is 11.7. The van der Waals surface area contributed by atoms with Crippen molar-refractivity contribution >= 4 is 23.2 Å². The monoisotopic (exact) mass is 368 g/mol. The summed E-state index contributed by atoms with van der Waals surface area (Å²) in [5.41, 5.74) is 0.982. The lowest BCUT2D eigenvalue weighted by atomic mass is 10.0. The van der Waals surface area contributed by atoms with Crippen molar-refractivity contribution in [2.75, 3.05) is 7.05 Å². The van der Waals surface area contributed by atoms with Gasteiger partial charge in [0.1, 0.15) is 6.04 Å². The van der Waals surface area contributed by atoms with Gasteiger partial charge in [0.2, 0.25) is 5.91 Å². The molecule has 3 rings (SSSR count). The van der Waals surface area contributed by atoms with Gasteiger partial charge in [-0.1, -0.05) is 36.4 Å². The summed E-state index contributed by atoms with van der Waals surface area (Å²) in [6.07, 6.45) is 1.85. The van der Waals surface area contributed by atoms with Crippen molar-refractivity contribution in [2.45, 2.75) is 19.0 Å². The van der Waals surface area contributed by atoms with Crippen LogP contribution in [0, 0.1) is 0 Å². The molecule has 0 spiro atoms. The number of benzene rings is 1. The SMILES string of the molecule is CN(Cc1cccs1)C(=O)C(Cc1ccccc1)NC(=O)c1ccco1. The molecule has 0 fully saturated rings. The van der Waals surface area contributed by atoms with Crippen LogP contribution in [0.4, 0.5) is 0 Å². The molecule has 26 heavy (non-hydrogen) atoms. The molecule has 0 radical (unpaired) electrons. The van der Waals surface area contributed by atoms with Gasteiger partial charge in [-0.25, -0.2) is 0 Å². The van der Waals surface area contributed by atoms with E-state index in [0.717, 1.165) is 10.4 Å². The van der Waals surface area contributed by atoms with Gasteiger partial charge in [-0.15, -0.1) is 11.3 Å². The van der Waals surface area contributed by atoms with Gasteiger partial charge in [0.15, 0.2) is 5.76 Å². The molecule has 0 saturated heterocycles. The number of furan rings is 1. The van der Waals surface area contributed by atoms with Crippen LogP contribution in [-0.2, 0) is 17.8 Å². The number of thiophene rings is 1. The van der Waals surface area contributed by atoms with E-state index in [0.29, 0.717) is 13.0 Å². The molecule has 3 aromatic rings. The Morgan fingerprint density at radius 1 is 1.12 bits per heavy atom. The third-order valence-corrected chi connectivity index (χ3v) is 4.84. The number of carbonyl (C=O) groups is 2. The lowest BCUT2D eigenvalue weighted by Crippen LogP contribution is -2.48. The summed E-state index contributed by atoms with van der Waals surface area (Å²) in [5, 5.41) is 4.79. The second-order valence-electron chi connectivity index (χ2n) is 5.97. The molecule has 0 aliphatic rings. The molecule has 0 aliphatic heterocycles. The minimum absolute atomic E-state index is 0.137. The first-order valence-corrected chi connectivity index (χ1v) is 9.17. The zero-order valence-electron chi connectivity index (χ0n) is 14.4. The van der Waals surface area contributed by atoms with Gasteiger partial charge in [-0.05, 0) is 29.1 Å². The van der Waals surface area contributed by atoms with Crippen LogP contribution in [0.2, 0.25) is 0 Å². The Kier molecular flexibility index (Phi) is 5.86. The minimum Gasteiger partial charge on any atom is -0.459 e. The fourth-order valence-corrected chi connectivity index (χ4v) is 3.42. The number of hydrogen-bond donors (Lipinski definition) is 1. The van der Waals surface area contributed by atoms with Crippen molar-refractivity contribution in [2.24, 2.45) is 0 Å². The van der Waals surface area contributed by atoms with Crippen LogP contribution in [0.1, 0.15) is 21.0 Å². The molecular formula is C20H20N2O3S. The summed E-state index contributed by atoms with van der Waals surface area (Å²) in [5.74, 6) is -0.340. The summed E-state index contributed by atoms with van der Waals surface area (Å²) in [6, 6.07) is 16.1. The standard InChI is InChI=1S/C20H20N2O3S/c1-22(14-16-9-6-12-26-16)20(24)17(13-15-7-3-2-4-8-15)21-19(23)18-10-5-11-25-18/h2-12,17H,13-14H2,1H3,(H,21,23). The zero-order chi connectivity index (χ0) is 18.4. The third-order valence-electron chi connectivity index (χ3n) is 3.98. The Hall–Kier alpha value is -2.86. The maximum atomic E-state index is 13.0. The Labute approximate surface area is 156 Å². The van der Waals surface area contributed by atoms with Gasteiger partial charge in [-0.2, -0.15) is 0 Å². The molecule has 2 amide bonds. The van der Waals surface area contributed by atoms with Crippen LogP contribution in [0.3, 0.4) is 0 Å². The highest BCUT2D eigenvalue weighted by atomic mass is 32.1. The summed E-state index contributed by atoms with van der Waals surface area (Å²) < 4.78 is 5.14. The van der Waals surface area contributed by atoms with Gasteiger partial charge in [-0.3, -0.25) is 9.59 Å². The first-order chi connectivity index (χ1) is 12.6. The van der Waals surface area contributed by atoms with E-state index in [2.05, 4.69) is 5.32 Å². The van der Waals surface area contributed by atoms with Crippen LogP contribution in [0.5, 0.6) is 0 Å². The van der Waals surface area contributed by atoms with Crippen molar-refractivity contribution in [3.63, 3.8) is 0 Å². The predicted octanol–water partition coefficient (Wildman–Crippen LogP) is 3.34. The number of rotatable bonds is 7. The highest BCUT2D eigenvalue weighted by Gasteiger charge is 2.26. The van der Waals surface area contributed by atoms with E-state index in [1.165, 1.54) is 6.26 Å². The second kappa shape index (κ2) is 8.49. The quantitative estimate of drug-likeness (QED) is 0.696. The highest BCUT2D eigenvalue weighted by molar-refractivity contribution is 7.09. The molecule has 2 aromatic heterocycles. The molecule has 0 aliphatic carbocycles. The summed E-state index contributed by atoms with van der Waals surface area (Å²) in [7, 11) is 1.75. The molecule has 2 heterocycles. The number of nitrogens with zero attached hydrogens (tertiary/aromatic N) is 1. The number of nitrogens with one attached hydrogen (secondary N) is 1. The molecule has 1 N–H and O–H groups in total. The third kappa shape index (κ3) is 4.61. The van der Waals surface area contributed by atoms with Crippen LogP contribution in [-0.4, -0.2) is 29.8 Å². The molecule has 6 heteroatoms. The van der Waals surface area contributed by atoms with Gasteiger partial charge >= 0.3 is 0 Å². The fraction of sp³-hybridized carbons (Fsp3) is 0.200. The number of hydrogen-bond acceptors (Lipinski definition) is 4. The predicted molar refractivity (Wildman–Crippen MR) is 101 cm³/mol. The smallest absolute Gasteiger partial charge is 0.287 e. The second-order valence-corrected chi connectivity index (χ2v) is 7.00. The Morgan fingerprint density at radius 2 is 1.92 bits per heavy atom. The van der Waals surface area contributed by atoms with Crippen molar-refractivity contribution in [1.29, 1.82) is 0 Å². The molecule has 1 aromatic carbocycles. The molecule has 0 bridgehead atoms. The molecule has 134 valence electrons. The molecule has 0 saturated carbocycles. The summed E-state index contributed by atoms with van der Waals surface area (Å²) >= 11 is 1.60. The Morgan fingerprint density at radius 3 is 2.58 bits per heavy atom. The van der Waals surface area contributed by atoms with Gasteiger partial charge in [0, 0.05) is 18.3 Å². The van der Waals surface area contributed by atoms with E-state index < -0.39 is 11.9 Å². The number of amides is 2. The van der Waals surface area contributed by atoms with Crippen molar-refractivity contribution in [1.82, 2.24) is 10.2 Å². The van der Waals surface area contributed by atoms with E-state index in [1.807, 2.05) is 47.8 Å². The van der Waals surface area contributed by atoms with Crippen LogP contribution in [0.15, 0.2) is 70.7 Å². The highest BCUT2D eigenvalue weighted by Crippen LogP contribution is 2.13. The van der Waals surface area contributed by atoms with E-state index in [4.69, 9.17) is 4.42 Å². The zero-order valence-corrected chi connectivity index (χ0v) is 15.2. The fourth-order valence-electron chi connectivity index (χ4n) is 2.67. The molecule has 1 atom stereocenters. The summed E-state index contributed by atoms with van der Waals surface area (Å²) in [4.78, 5) is 28.1. The lowest BCUT2D eigenvalue weighted by Gasteiger charge is -2.24. The van der Waals surface area contributed by atoms with Gasteiger partial charge in [0.05, 0.1) is 12.8 Å². The number of likely N-dealkylation sites (N-methyl/N-ethyl adjacent to an activating group) is 1. The van der Waals surface area contributed by atoms with Crippen molar-refractivity contribution in [3.05, 3.63) is 82.4 Å². The minimum atomic E-state index is -0.667. The lowest BCUT2D eigenvalue weighted by molar-refractivity contribution is -0.132. The van der Waals surface area contributed by atoms with Crippen LogP contribution in [0.25, 0.3) is 0 Å². The molecule has 5 nitrogen and oxygen atoms in total. The first kappa shape index (κ1) is 17.9. The van der Waals surface area contributed by atoms with E-state index in [9.17, 15) is 9.59 Å². The summed E-state index contributed by atoms with van der Waals surface area (Å²) in [6.45, 7) is 0.512. The van der Waals surface area contributed by atoms with E-state index in [1.54, 1.807) is 35.4 Å². The topological polar surface area (TPSA) is 62.6 Å². The maximum Gasteiger partial charge on any atom is 0.287 e. The largest absolute Gasteiger partial charge is 0.459 e. The average molecular weight is 368 g/mol. The van der Waals surface area contributed by atoms with Gasteiger partial charge < -0.3 is 14.6 Å². The maximum absolute atomic E-state index is 13.0.